The fraction of sp³-hybridized carbons (Fsp3) is 0.444. The molecule has 2 heterocycles. The van der Waals surface area contributed by atoms with Crippen LogP contribution in [0.15, 0.2) is 35.3 Å². The largest absolute Gasteiger partial charge is 0.450 e. The molecule has 3 rings (SSSR count). The zero-order chi connectivity index (χ0) is 17.6. The smallest absolute Gasteiger partial charge is 0.409 e. The van der Waals surface area contributed by atoms with Gasteiger partial charge in [0, 0.05) is 30.3 Å². The number of fused-ring (bicyclic) bond motifs is 1. The van der Waals surface area contributed by atoms with Gasteiger partial charge in [-0.15, -0.1) is 0 Å². The van der Waals surface area contributed by atoms with E-state index in [9.17, 15) is 4.79 Å². The number of ether oxygens (including phenoxy) is 1. The lowest BCUT2D eigenvalue weighted by atomic mass is 10.1. The Kier molecular flexibility index (Phi) is 5.42. The van der Waals surface area contributed by atoms with Crippen LogP contribution in [0.25, 0.3) is 10.9 Å². The van der Waals surface area contributed by atoms with E-state index in [-0.39, 0.29) is 12.1 Å². The first-order chi connectivity index (χ1) is 12.2. The second kappa shape index (κ2) is 7.92. The Balaban J connectivity index is 1.48. The summed E-state index contributed by atoms with van der Waals surface area (Å²) in [5.41, 5.74) is 8.14. The maximum Gasteiger partial charge on any atom is 0.409 e. The highest BCUT2D eigenvalue weighted by atomic mass is 16.6. The highest BCUT2D eigenvalue weighted by Crippen LogP contribution is 2.15. The van der Waals surface area contributed by atoms with E-state index < -0.39 is 0 Å². The zero-order valence-corrected chi connectivity index (χ0v) is 14.5. The Morgan fingerprint density at radius 3 is 2.88 bits per heavy atom. The van der Waals surface area contributed by atoms with Gasteiger partial charge in [-0.05, 0) is 37.3 Å². The summed E-state index contributed by atoms with van der Waals surface area (Å²) in [6.45, 7) is 4.08. The predicted octanol–water partition coefficient (Wildman–Crippen LogP) is 2.19. The number of carbonyl (C=O) groups excluding carboxylic acids is 1. The van der Waals surface area contributed by atoms with Gasteiger partial charge in [-0.2, -0.15) is 0 Å². The molecule has 2 aromatic rings. The van der Waals surface area contributed by atoms with Gasteiger partial charge >= 0.3 is 6.09 Å². The van der Waals surface area contributed by atoms with E-state index in [4.69, 9.17) is 10.5 Å². The summed E-state index contributed by atoms with van der Waals surface area (Å²) < 4.78 is 5.02. The number of amides is 1. The first-order valence-electron chi connectivity index (χ1n) is 8.70. The summed E-state index contributed by atoms with van der Waals surface area (Å²) in [5, 5.41) is 4.42. The van der Waals surface area contributed by atoms with E-state index in [2.05, 4.69) is 27.4 Å². The van der Waals surface area contributed by atoms with Crippen molar-refractivity contribution in [1.29, 1.82) is 0 Å². The lowest BCUT2D eigenvalue weighted by Gasteiger charge is -2.31. The molecule has 0 unspecified atom stereocenters. The molecule has 0 saturated carbocycles. The molecule has 0 bridgehead atoms. The van der Waals surface area contributed by atoms with Crippen LogP contribution in [0.1, 0.15) is 25.5 Å². The number of nitrogens with one attached hydrogen (secondary N) is 2. The lowest BCUT2D eigenvalue weighted by Crippen LogP contribution is -2.48. The molecular formula is C18H25N5O2. The fourth-order valence-electron chi connectivity index (χ4n) is 3.06. The number of hydrogen-bond acceptors (Lipinski definition) is 3. The molecule has 7 heteroatoms. The fourth-order valence-corrected chi connectivity index (χ4v) is 3.06. The van der Waals surface area contributed by atoms with Crippen LogP contribution in [0.2, 0.25) is 0 Å². The molecule has 1 saturated heterocycles. The Morgan fingerprint density at radius 2 is 2.16 bits per heavy atom. The molecule has 1 aliphatic heterocycles. The predicted molar refractivity (Wildman–Crippen MR) is 98.4 cm³/mol. The molecule has 1 aromatic heterocycles. The quantitative estimate of drug-likeness (QED) is 0.586. The summed E-state index contributed by atoms with van der Waals surface area (Å²) in [6.07, 6.45) is 1.43. The number of piperidine rings is 1. The molecular weight excluding hydrogens is 318 g/mol. The van der Waals surface area contributed by atoms with Crippen LogP contribution in [-0.4, -0.2) is 47.7 Å². The first-order valence-corrected chi connectivity index (χ1v) is 8.70. The number of aromatic nitrogens is 1. The number of para-hydroxylation sites is 1. The summed E-state index contributed by atoms with van der Waals surface area (Å²) in [7, 11) is 0. The van der Waals surface area contributed by atoms with Crippen molar-refractivity contribution in [1.82, 2.24) is 15.2 Å². The van der Waals surface area contributed by atoms with E-state index in [0.29, 0.717) is 32.2 Å². The summed E-state index contributed by atoms with van der Waals surface area (Å²) in [4.78, 5) is 21.2. The molecule has 134 valence electrons. The van der Waals surface area contributed by atoms with Gasteiger partial charge in [-0.25, -0.2) is 9.79 Å². The Bertz CT molecular complexity index is 714. The third-order valence-electron chi connectivity index (χ3n) is 4.38. The van der Waals surface area contributed by atoms with Crippen molar-refractivity contribution in [3.05, 3.63) is 36.0 Å². The lowest BCUT2D eigenvalue weighted by molar-refractivity contribution is 0.0963. The second-order valence-corrected chi connectivity index (χ2v) is 6.19. The van der Waals surface area contributed by atoms with Crippen LogP contribution in [0.4, 0.5) is 4.79 Å². The normalized spacial score (nSPS) is 16.2. The van der Waals surface area contributed by atoms with Crippen LogP contribution >= 0.6 is 0 Å². The number of carbonyl (C=O) groups is 1. The average molecular weight is 343 g/mol. The minimum Gasteiger partial charge on any atom is -0.450 e. The minimum atomic E-state index is -0.235. The van der Waals surface area contributed by atoms with Crippen molar-refractivity contribution < 1.29 is 9.53 Å². The molecule has 0 atom stereocenters. The number of benzene rings is 1. The zero-order valence-electron chi connectivity index (χ0n) is 14.5. The van der Waals surface area contributed by atoms with Gasteiger partial charge in [0.05, 0.1) is 13.2 Å². The monoisotopic (exact) mass is 343 g/mol. The standard InChI is InChI=1S/C18H25N5O2/c1-2-25-18(24)23-9-7-14(8-10-23)22-17(19)20-12-15-11-13-5-3-4-6-16(13)21-15/h3-6,11,14,21H,2,7-10,12H2,1H3,(H3,19,20,22). The Labute approximate surface area is 147 Å². The molecule has 25 heavy (non-hydrogen) atoms. The van der Waals surface area contributed by atoms with Crippen LogP contribution in [0.5, 0.6) is 0 Å². The van der Waals surface area contributed by atoms with Gasteiger partial charge in [0.25, 0.3) is 0 Å². The van der Waals surface area contributed by atoms with Crippen LogP contribution < -0.4 is 11.1 Å². The van der Waals surface area contributed by atoms with Gasteiger partial charge in [-0.3, -0.25) is 0 Å². The maximum absolute atomic E-state index is 11.7. The number of rotatable bonds is 4. The third kappa shape index (κ3) is 4.43. The van der Waals surface area contributed by atoms with E-state index in [1.807, 2.05) is 25.1 Å². The summed E-state index contributed by atoms with van der Waals surface area (Å²) in [5.74, 6) is 0.438. The Hall–Kier alpha value is -2.70. The third-order valence-corrected chi connectivity index (χ3v) is 4.38. The summed E-state index contributed by atoms with van der Waals surface area (Å²) >= 11 is 0. The molecule has 1 aromatic carbocycles. The van der Waals surface area contributed by atoms with Crippen molar-refractivity contribution in [2.75, 3.05) is 19.7 Å². The minimum absolute atomic E-state index is 0.233. The number of H-pyrrole nitrogens is 1. The highest BCUT2D eigenvalue weighted by molar-refractivity contribution is 5.81. The highest BCUT2D eigenvalue weighted by Gasteiger charge is 2.23. The topological polar surface area (TPSA) is 95.7 Å². The molecule has 1 fully saturated rings. The van der Waals surface area contributed by atoms with E-state index in [1.54, 1.807) is 4.90 Å². The molecule has 0 radical (unpaired) electrons. The number of guanidine groups is 1. The van der Waals surface area contributed by atoms with Gasteiger partial charge in [0.15, 0.2) is 5.96 Å². The molecule has 7 nitrogen and oxygen atoms in total. The molecule has 1 amide bonds. The number of aliphatic imine (C=N–C) groups is 1. The molecule has 1 aliphatic rings. The van der Waals surface area contributed by atoms with Gasteiger partial charge < -0.3 is 25.7 Å². The Morgan fingerprint density at radius 1 is 1.40 bits per heavy atom. The number of likely N-dealkylation sites (tertiary alicyclic amines) is 1. The second-order valence-electron chi connectivity index (χ2n) is 6.19. The number of nitrogens with two attached hydrogens (primary N) is 1. The number of aromatic amines is 1. The van der Waals surface area contributed by atoms with Crippen LogP contribution in [0, 0.1) is 0 Å². The van der Waals surface area contributed by atoms with E-state index >= 15 is 0 Å². The molecule has 4 N–H and O–H groups in total. The van der Waals surface area contributed by atoms with Crippen molar-refractivity contribution >= 4 is 23.0 Å². The van der Waals surface area contributed by atoms with Crippen molar-refractivity contribution in [2.24, 2.45) is 10.7 Å². The number of nitrogens with zero attached hydrogens (tertiary/aromatic N) is 2. The van der Waals surface area contributed by atoms with Gasteiger partial charge in [0.1, 0.15) is 0 Å². The molecule has 0 spiro atoms. The van der Waals surface area contributed by atoms with Crippen molar-refractivity contribution in [3.8, 4) is 0 Å². The average Bonchev–Trinajstić information content (AvgIpc) is 3.04. The van der Waals surface area contributed by atoms with Crippen molar-refractivity contribution in [2.45, 2.75) is 32.4 Å². The van der Waals surface area contributed by atoms with Crippen LogP contribution in [-0.2, 0) is 11.3 Å². The van der Waals surface area contributed by atoms with Gasteiger partial charge in [0.2, 0.25) is 0 Å². The van der Waals surface area contributed by atoms with E-state index in [0.717, 1.165) is 24.1 Å². The number of hydrogen-bond donors (Lipinski definition) is 3. The summed E-state index contributed by atoms with van der Waals surface area (Å²) in [6, 6.07) is 10.5. The van der Waals surface area contributed by atoms with Crippen molar-refractivity contribution in [3.63, 3.8) is 0 Å². The first kappa shape index (κ1) is 17.1. The molecule has 0 aliphatic carbocycles. The maximum atomic E-state index is 11.7. The van der Waals surface area contributed by atoms with E-state index in [1.165, 1.54) is 5.39 Å². The van der Waals surface area contributed by atoms with Gasteiger partial charge in [-0.1, -0.05) is 18.2 Å². The SMILES string of the molecule is CCOC(=O)N1CCC(NC(N)=NCc2cc3ccccc3[nH]2)CC1. The van der Waals surface area contributed by atoms with Crippen LogP contribution in [0.3, 0.4) is 0 Å².